The summed E-state index contributed by atoms with van der Waals surface area (Å²) in [7, 11) is 0. The third kappa shape index (κ3) is 4.15. The van der Waals surface area contributed by atoms with Gasteiger partial charge in [0, 0.05) is 36.9 Å². The minimum Gasteiger partial charge on any atom is -0.494 e. The van der Waals surface area contributed by atoms with Gasteiger partial charge in [0.2, 0.25) is 0 Å². The number of carbonyl (C=O) groups is 1. The number of urea groups is 1. The first-order valence-electron chi connectivity index (χ1n) is 9.22. The average Bonchev–Trinajstić information content (AvgIpc) is 3.13. The maximum absolute atomic E-state index is 12.5. The van der Waals surface area contributed by atoms with Crippen molar-refractivity contribution >= 4 is 50.0 Å². The van der Waals surface area contributed by atoms with Gasteiger partial charge >= 0.3 is 6.03 Å². The number of nitrogens with one attached hydrogen (secondary N) is 1. The van der Waals surface area contributed by atoms with Crippen LogP contribution in [0.1, 0.15) is 6.92 Å². The molecule has 6 nitrogen and oxygen atoms in total. The first kappa shape index (κ1) is 18.8. The van der Waals surface area contributed by atoms with E-state index in [1.54, 1.807) is 35.6 Å². The van der Waals surface area contributed by atoms with Crippen molar-refractivity contribution in [1.29, 1.82) is 0 Å². The number of fused-ring (bicyclic) bond motifs is 1. The topological polar surface area (TPSA) is 57.7 Å². The Bertz CT molecular complexity index is 968. The monoisotopic (exact) mass is 416 g/mol. The number of hydrogen-bond donors (Lipinski definition) is 1. The lowest BCUT2D eigenvalue weighted by atomic mass is 10.3. The highest BCUT2D eigenvalue weighted by Gasteiger charge is 2.23. The molecule has 28 heavy (non-hydrogen) atoms. The van der Waals surface area contributed by atoms with Crippen molar-refractivity contribution in [2.45, 2.75) is 6.92 Å². The molecule has 1 saturated heterocycles. The fourth-order valence-electron chi connectivity index (χ4n) is 3.12. The van der Waals surface area contributed by atoms with Crippen LogP contribution in [-0.2, 0) is 0 Å². The minimum absolute atomic E-state index is 0.0902. The van der Waals surface area contributed by atoms with E-state index in [-0.39, 0.29) is 6.03 Å². The third-order valence-corrected chi connectivity index (χ3v) is 5.92. The van der Waals surface area contributed by atoms with E-state index < -0.39 is 0 Å². The molecule has 0 aliphatic carbocycles. The first-order chi connectivity index (χ1) is 13.6. The second-order valence-electron chi connectivity index (χ2n) is 6.47. The van der Waals surface area contributed by atoms with Gasteiger partial charge in [0.15, 0.2) is 5.13 Å². The molecule has 0 spiro atoms. The number of hydrogen-bond acceptors (Lipinski definition) is 5. The van der Waals surface area contributed by atoms with Gasteiger partial charge < -0.3 is 19.9 Å². The number of ether oxygens (including phenoxy) is 1. The van der Waals surface area contributed by atoms with Gasteiger partial charge in [0.05, 0.1) is 16.8 Å². The van der Waals surface area contributed by atoms with Crippen molar-refractivity contribution < 1.29 is 9.53 Å². The Labute approximate surface area is 172 Å². The van der Waals surface area contributed by atoms with Crippen molar-refractivity contribution in [3.05, 3.63) is 47.5 Å². The Hall–Kier alpha value is -2.51. The highest BCUT2D eigenvalue weighted by molar-refractivity contribution is 7.22. The van der Waals surface area contributed by atoms with E-state index in [9.17, 15) is 4.79 Å². The lowest BCUT2D eigenvalue weighted by Gasteiger charge is -2.34. The van der Waals surface area contributed by atoms with Crippen molar-refractivity contribution in [3.63, 3.8) is 0 Å². The third-order valence-electron chi connectivity index (χ3n) is 4.59. The van der Waals surface area contributed by atoms with Crippen LogP contribution >= 0.6 is 22.9 Å². The molecule has 0 unspecified atom stereocenters. The van der Waals surface area contributed by atoms with Gasteiger partial charge in [0.25, 0.3) is 0 Å². The van der Waals surface area contributed by atoms with E-state index in [1.807, 2.05) is 30.0 Å². The van der Waals surface area contributed by atoms with E-state index >= 15 is 0 Å². The standard InChI is InChI=1S/C20H21ClN4O2S/c1-2-27-16-7-8-17-18(13-16)28-20(23-17)25-11-9-24(10-12-25)19(26)22-15-5-3-14(21)4-6-15/h3-8,13H,2,9-12H2,1H3,(H,22,26). The van der Waals surface area contributed by atoms with Crippen LogP contribution < -0.4 is 15.0 Å². The Kier molecular flexibility index (Phi) is 5.54. The van der Waals surface area contributed by atoms with E-state index in [4.69, 9.17) is 21.3 Å². The zero-order valence-electron chi connectivity index (χ0n) is 15.5. The number of benzene rings is 2. The quantitative estimate of drug-likeness (QED) is 0.669. The highest BCUT2D eigenvalue weighted by Crippen LogP contribution is 2.32. The van der Waals surface area contributed by atoms with Crippen molar-refractivity contribution in [1.82, 2.24) is 9.88 Å². The van der Waals surface area contributed by atoms with Crippen LogP contribution in [0, 0.1) is 0 Å². The van der Waals surface area contributed by atoms with Crippen molar-refractivity contribution in [2.75, 3.05) is 43.0 Å². The molecule has 1 aliphatic heterocycles. The SMILES string of the molecule is CCOc1ccc2nc(N3CCN(C(=O)Nc4ccc(Cl)cc4)CC3)sc2c1. The van der Waals surface area contributed by atoms with E-state index in [1.165, 1.54) is 0 Å². The second kappa shape index (κ2) is 8.24. The van der Waals surface area contributed by atoms with Crippen molar-refractivity contribution in [2.24, 2.45) is 0 Å². The molecule has 0 atom stereocenters. The van der Waals surface area contributed by atoms with E-state index in [0.29, 0.717) is 24.7 Å². The molecular formula is C20H21ClN4O2S. The second-order valence-corrected chi connectivity index (χ2v) is 7.92. The summed E-state index contributed by atoms with van der Waals surface area (Å²) < 4.78 is 6.69. The van der Waals surface area contributed by atoms with Crippen LogP contribution in [0.3, 0.4) is 0 Å². The summed E-state index contributed by atoms with van der Waals surface area (Å²) in [6, 6.07) is 13.0. The summed E-state index contributed by atoms with van der Waals surface area (Å²) in [5, 5.41) is 4.55. The predicted octanol–water partition coefficient (Wildman–Crippen LogP) is 4.70. The predicted molar refractivity (Wildman–Crippen MR) is 115 cm³/mol. The molecule has 1 aliphatic rings. The molecule has 1 N–H and O–H groups in total. The van der Waals surface area contributed by atoms with Gasteiger partial charge in [-0.3, -0.25) is 0 Å². The van der Waals surface area contributed by atoms with Gasteiger partial charge in [-0.05, 0) is 49.4 Å². The number of halogens is 1. The lowest BCUT2D eigenvalue weighted by Crippen LogP contribution is -2.50. The molecular weight excluding hydrogens is 396 g/mol. The number of piperazine rings is 1. The Morgan fingerprint density at radius 3 is 2.64 bits per heavy atom. The summed E-state index contributed by atoms with van der Waals surface area (Å²) in [4.78, 5) is 21.3. The fraction of sp³-hybridized carbons (Fsp3) is 0.300. The molecule has 0 radical (unpaired) electrons. The molecule has 1 fully saturated rings. The Morgan fingerprint density at radius 1 is 1.18 bits per heavy atom. The first-order valence-corrected chi connectivity index (χ1v) is 10.4. The van der Waals surface area contributed by atoms with Crippen LogP contribution in [-0.4, -0.2) is 48.7 Å². The Balaban J connectivity index is 1.37. The molecule has 146 valence electrons. The van der Waals surface area contributed by atoms with Gasteiger partial charge in [-0.15, -0.1) is 0 Å². The number of carbonyl (C=O) groups excluding carboxylic acids is 1. The number of thiazole rings is 1. The Morgan fingerprint density at radius 2 is 1.93 bits per heavy atom. The van der Waals surface area contributed by atoms with E-state index in [0.717, 1.165) is 39.9 Å². The number of rotatable bonds is 4. The largest absolute Gasteiger partial charge is 0.494 e. The molecule has 0 saturated carbocycles. The molecule has 2 aromatic carbocycles. The van der Waals surface area contributed by atoms with Crippen LogP contribution in [0.25, 0.3) is 10.2 Å². The van der Waals surface area contributed by atoms with Crippen molar-refractivity contribution in [3.8, 4) is 5.75 Å². The highest BCUT2D eigenvalue weighted by atomic mass is 35.5. The van der Waals surface area contributed by atoms with Gasteiger partial charge in [-0.1, -0.05) is 22.9 Å². The summed E-state index contributed by atoms with van der Waals surface area (Å²) in [6.07, 6.45) is 0. The molecule has 4 rings (SSSR count). The molecule has 2 amide bonds. The van der Waals surface area contributed by atoms with Crippen LogP contribution in [0.5, 0.6) is 5.75 Å². The molecule has 3 aromatic rings. The maximum Gasteiger partial charge on any atom is 0.321 e. The summed E-state index contributed by atoms with van der Waals surface area (Å²) in [5.41, 5.74) is 1.72. The summed E-state index contributed by atoms with van der Waals surface area (Å²) in [5.74, 6) is 0.869. The fourth-order valence-corrected chi connectivity index (χ4v) is 4.29. The zero-order chi connectivity index (χ0) is 19.5. The number of anilines is 2. The minimum atomic E-state index is -0.0902. The lowest BCUT2D eigenvalue weighted by molar-refractivity contribution is 0.208. The molecule has 2 heterocycles. The smallest absolute Gasteiger partial charge is 0.321 e. The van der Waals surface area contributed by atoms with Gasteiger partial charge in [-0.2, -0.15) is 0 Å². The maximum atomic E-state index is 12.5. The molecule has 0 bridgehead atoms. The average molecular weight is 417 g/mol. The van der Waals surface area contributed by atoms with E-state index in [2.05, 4.69) is 10.2 Å². The summed E-state index contributed by atoms with van der Waals surface area (Å²) >= 11 is 7.54. The number of nitrogens with zero attached hydrogens (tertiary/aromatic N) is 3. The zero-order valence-corrected chi connectivity index (χ0v) is 17.1. The normalized spacial score (nSPS) is 14.4. The number of amides is 2. The molecule has 1 aromatic heterocycles. The van der Waals surface area contributed by atoms with Gasteiger partial charge in [0.1, 0.15) is 5.75 Å². The van der Waals surface area contributed by atoms with Crippen LogP contribution in [0.4, 0.5) is 15.6 Å². The summed E-state index contributed by atoms with van der Waals surface area (Å²) in [6.45, 7) is 5.44. The number of aromatic nitrogens is 1. The molecule has 8 heteroatoms. The van der Waals surface area contributed by atoms with Crippen LogP contribution in [0.2, 0.25) is 5.02 Å². The van der Waals surface area contributed by atoms with Crippen LogP contribution in [0.15, 0.2) is 42.5 Å². The van der Waals surface area contributed by atoms with Gasteiger partial charge in [-0.25, -0.2) is 9.78 Å².